The van der Waals surface area contributed by atoms with Gasteiger partial charge in [0.25, 0.3) is 0 Å². The van der Waals surface area contributed by atoms with Crippen molar-refractivity contribution >= 4 is 37.3 Å². The second kappa shape index (κ2) is 9.01. The molecule has 0 fully saturated rings. The van der Waals surface area contributed by atoms with Crippen molar-refractivity contribution in [3.63, 3.8) is 0 Å². The van der Waals surface area contributed by atoms with Gasteiger partial charge < -0.3 is 14.0 Å². The number of carbonyl (C=O) groups excluding carboxylic acids is 1. The highest BCUT2D eigenvalue weighted by Crippen LogP contribution is 2.34. The molecule has 0 aliphatic rings. The van der Waals surface area contributed by atoms with E-state index in [1.165, 1.54) is 11.3 Å². The molecule has 0 bridgehead atoms. The highest BCUT2D eigenvalue weighted by Gasteiger charge is 2.16. The fourth-order valence-corrected chi connectivity index (χ4v) is 5.52. The average Bonchev–Trinajstić information content (AvgIpc) is 3.04. The fourth-order valence-electron chi connectivity index (χ4n) is 3.07. The summed E-state index contributed by atoms with van der Waals surface area (Å²) in [5, 5.41) is 0. The summed E-state index contributed by atoms with van der Waals surface area (Å²) in [6, 6.07) is 10.3. The van der Waals surface area contributed by atoms with E-state index in [1.807, 2.05) is 6.92 Å². The van der Waals surface area contributed by atoms with Crippen molar-refractivity contribution in [1.82, 2.24) is 4.57 Å². The van der Waals surface area contributed by atoms with Gasteiger partial charge in [0.1, 0.15) is 21.7 Å². The van der Waals surface area contributed by atoms with Gasteiger partial charge in [-0.1, -0.05) is 29.0 Å². The van der Waals surface area contributed by atoms with E-state index in [0.29, 0.717) is 16.3 Å². The Kier molecular flexibility index (Phi) is 6.62. The Bertz CT molecular complexity index is 1240. The van der Waals surface area contributed by atoms with Crippen molar-refractivity contribution in [3.05, 3.63) is 46.8 Å². The van der Waals surface area contributed by atoms with Crippen LogP contribution in [-0.2, 0) is 21.7 Å². The minimum atomic E-state index is -3.42. The largest absolute Gasteiger partial charge is 0.495 e. The maximum Gasteiger partial charge on any atom is 0.248 e. The van der Waals surface area contributed by atoms with E-state index in [2.05, 4.69) is 4.99 Å². The lowest BCUT2D eigenvalue weighted by Crippen LogP contribution is -2.14. The van der Waals surface area contributed by atoms with E-state index < -0.39 is 9.84 Å². The minimum absolute atomic E-state index is 0.0492. The first-order chi connectivity index (χ1) is 14.3. The molecule has 0 atom stereocenters. The Balaban J connectivity index is 1.77. The molecule has 7 nitrogen and oxygen atoms in total. The van der Waals surface area contributed by atoms with Gasteiger partial charge in [0.15, 0.2) is 14.6 Å². The molecule has 3 aromatic rings. The molecule has 0 spiro atoms. The third-order valence-corrected chi connectivity index (χ3v) is 7.68. The molecule has 3 rings (SSSR count). The number of benzene rings is 2. The summed E-state index contributed by atoms with van der Waals surface area (Å²) >= 11 is 1.32. The van der Waals surface area contributed by atoms with Crippen LogP contribution in [0.4, 0.5) is 0 Å². The highest BCUT2D eigenvalue weighted by molar-refractivity contribution is 7.91. The van der Waals surface area contributed by atoms with Gasteiger partial charge in [0.05, 0.1) is 24.9 Å². The summed E-state index contributed by atoms with van der Waals surface area (Å²) in [4.78, 5) is 17.3. The van der Waals surface area contributed by atoms with E-state index in [9.17, 15) is 13.2 Å². The maximum absolute atomic E-state index is 12.4. The number of aromatic nitrogens is 1. The lowest BCUT2D eigenvalue weighted by molar-refractivity contribution is -0.118. The van der Waals surface area contributed by atoms with Crippen LogP contribution in [0.5, 0.6) is 11.5 Å². The number of thiazole rings is 1. The predicted octanol–water partition coefficient (Wildman–Crippen LogP) is 3.25. The number of aryl methyl sites for hydroxylation is 2. The second-order valence-electron chi connectivity index (χ2n) is 6.83. The monoisotopic (exact) mass is 448 g/mol. The van der Waals surface area contributed by atoms with Crippen LogP contribution in [0, 0.1) is 6.92 Å². The van der Waals surface area contributed by atoms with Crippen LogP contribution in [0.15, 0.2) is 46.3 Å². The first-order valence-electron chi connectivity index (χ1n) is 9.34. The molecule has 1 amide bonds. The van der Waals surface area contributed by atoms with Crippen molar-refractivity contribution < 1.29 is 22.7 Å². The Hall–Kier alpha value is -2.65. The molecule has 1 heterocycles. The van der Waals surface area contributed by atoms with Gasteiger partial charge >= 0.3 is 0 Å². The molecule has 0 unspecified atom stereocenters. The Morgan fingerprint density at radius 1 is 1.07 bits per heavy atom. The quantitative estimate of drug-likeness (QED) is 0.554. The number of ether oxygens (including phenoxy) is 2. The Labute approximate surface area is 179 Å². The van der Waals surface area contributed by atoms with Gasteiger partial charge in [-0.15, -0.1) is 0 Å². The highest BCUT2D eigenvalue weighted by atomic mass is 32.2. The van der Waals surface area contributed by atoms with E-state index in [-0.39, 0.29) is 29.4 Å². The zero-order chi connectivity index (χ0) is 21.9. The summed E-state index contributed by atoms with van der Waals surface area (Å²) in [6.45, 7) is 1.90. The molecule has 1 aromatic heterocycles. The summed E-state index contributed by atoms with van der Waals surface area (Å²) < 4.78 is 38.3. The number of hydrogen-bond acceptors (Lipinski definition) is 6. The van der Waals surface area contributed by atoms with Crippen LogP contribution < -0.4 is 14.3 Å². The standard InChI is InChI=1S/C21H24N2O5S2/c1-14-7-9-15(10-8-14)30(25,26)13-5-6-18(24)22-21-23(2)19-16(27-3)11-12-17(28-4)20(19)29-21/h7-12H,5-6,13H2,1-4H3. The lowest BCUT2D eigenvalue weighted by atomic mass is 10.2. The van der Waals surface area contributed by atoms with Crippen molar-refractivity contribution in [2.45, 2.75) is 24.7 Å². The molecule has 2 aromatic carbocycles. The number of nitrogens with zero attached hydrogens (tertiary/aromatic N) is 2. The molecule has 30 heavy (non-hydrogen) atoms. The third kappa shape index (κ3) is 4.57. The van der Waals surface area contributed by atoms with Crippen molar-refractivity contribution in [1.29, 1.82) is 0 Å². The first-order valence-corrected chi connectivity index (χ1v) is 11.8. The smallest absolute Gasteiger partial charge is 0.248 e. The second-order valence-corrected chi connectivity index (χ2v) is 9.92. The van der Waals surface area contributed by atoms with Gasteiger partial charge in [-0.2, -0.15) is 4.99 Å². The topological polar surface area (TPSA) is 87.0 Å². The van der Waals surface area contributed by atoms with Crippen molar-refractivity contribution in [2.24, 2.45) is 12.0 Å². The van der Waals surface area contributed by atoms with Crippen LogP contribution >= 0.6 is 11.3 Å². The zero-order valence-electron chi connectivity index (χ0n) is 17.3. The van der Waals surface area contributed by atoms with Crippen LogP contribution in [0.3, 0.4) is 0 Å². The van der Waals surface area contributed by atoms with Gasteiger partial charge in [0, 0.05) is 13.5 Å². The number of amides is 1. The summed E-state index contributed by atoms with van der Waals surface area (Å²) in [7, 11) is 1.54. The molecule has 160 valence electrons. The van der Waals surface area contributed by atoms with Gasteiger partial charge in [-0.05, 0) is 37.6 Å². The SMILES string of the molecule is COc1ccc(OC)c2c1sc(=NC(=O)CCCS(=O)(=O)c1ccc(C)cc1)n2C. The van der Waals surface area contributed by atoms with Crippen molar-refractivity contribution in [3.8, 4) is 11.5 Å². The normalized spacial score (nSPS) is 12.3. The van der Waals surface area contributed by atoms with Crippen LogP contribution in [0.2, 0.25) is 0 Å². The van der Waals surface area contributed by atoms with Gasteiger partial charge in [-0.3, -0.25) is 4.79 Å². The molecule has 0 aliphatic heterocycles. The van der Waals surface area contributed by atoms with Gasteiger partial charge in [0.2, 0.25) is 5.91 Å². The molecule has 0 saturated carbocycles. The van der Waals surface area contributed by atoms with E-state index >= 15 is 0 Å². The molecule has 0 radical (unpaired) electrons. The number of sulfone groups is 1. The number of rotatable bonds is 7. The Morgan fingerprint density at radius 2 is 1.70 bits per heavy atom. The van der Waals surface area contributed by atoms with Crippen LogP contribution in [0.25, 0.3) is 10.2 Å². The average molecular weight is 449 g/mol. The first kappa shape index (κ1) is 22.0. The fraction of sp³-hybridized carbons (Fsp3) is 0.333. The lowest BCUT2D eigenvalue weighted by Gasteiger charge is -2.06. The van der Waals surface area contributed by atoms with E-state index in [4.69, 9.17) is 9.47 Å². The number of carbonyl (C=O) groups is 1. The van der Waals surface area contributed by atoms with Crippen LogP contribution in [0.1, 0.15) is 18.4 Å². The summed E-state index contributed by atoms with van der Waals surface area (Å²) in [5.74, 6) is 0.860. The molecule has 9 heteroatoms. The molecule has 0 saturated heterocycles. The molecule has 0 aliphatic carbocycles. The number of fused-ring (bicyclic) bond motifs is 1. The van der Waals surface area contributed by atoms with Gasteiger partial charge in [-0.25, -0.2) is 8.42 Å². The maximum atomic E-state index is 12.4. The minimum Gasteiger partial charge on any atom is -0.495 e. The molecule has 0 N–H and O–H groups in total. The molecular formula is C21H24N2O5S2. The third-order valence-electron chi connectivity index (χ3n) is 4.72. The summed E-state index contributed by atoms with van der Waals surface area (Å²) in [5.41, 5.74) is 1.78. The number of methoxy groups -OCH3 is 2. The van der Waals surface area contributed by atoms with E-state index in [1.54, 1.807) is 62.2 Å². The predicted molar refractivity (Wildman–Crippen MR) is 117 cm³/mol. The van der Waals surface area contributed by atoms with Crippen LogP contribution in [-0.4, -0.2) is 38.9 Å². The zero-order valence-corrected chi connectivity index (χ0v) is 19.0. The number of hydrogen-bond donors (Lipinski definition) is 0. The Morgan fingerprint density at radius 3 is 2.33 bits per heavy atom. The van der Waals surface area contributed by atoms with Crippen molar-refractivity contribution in [2.75, 3.05) is 20.0 Å². The van der Waals surface area contributed by atoms with E-state index in [0.717, 1.165) is 15.8 Å². The summed E-state index contributed by atoms with van der Waals surface area (Å²) in [6.07, 6.45) is 0.257. The molecular weight excluding hydrogens is 424 g/mol.